The van der Waals surface area contributed by atoms with Gasteiger partial charge in [0.1, 0.15) is 5.82 Å². The van der Waals surface area contributed by atoms with E-state index in [0.717, 1.165) is 138 Å². The van der Waals surface area contributed by atoms with Crippen LogP contribution in [0.25, 0.3) is 269 Å². The maximum absolute atomic E-state index is 5.27. The van der Waals surface area contributed by atoms with Gasteiger partial charge in [0.15, 0.2) is 11.6 Å². The Balaban J connectivity index is 0.000000108. The Morgan fingerprint density at radius 3 is 0.964 bits per heavy atom. The molecular formula is C130H81N9S. The van der Waals surface area contributed by atoms with Gasteiger partial charge in [-0.25, -0.2) is 24.9 Å². The fourth-order valence-corrected chi connectivity index (χ4v) is 21.9. The van der Waals surface area contributed by atoms with Gasteiger partial charge in [-0.3, -0.25) is 19.5 Å². The minimum Gasteiger partial charge on any atom is -0.292 e. The number of imidazole rings is 1. The second-order valence-electron chi connectivity index (χ2n) is 35.4. The summed E-state index contributed by atoms with van der Waals surface area (Å²) in [5.74, 6) is 2.41. The first-order valence-corrected chi connectivity index (χ1v) is 48.0. The molecule has 21 aromatic carbocycles. The zero-order valence-corrected chi connectivity index (χ0v) is 76.5. The van der Waals surface area contributed by atoms with Crippen LogP contribution < -0.4 is 0 Å². The van der Waals surface area contributed by atoms with Crippen molar-refractivity contribution in [2.75, 3.05) is 0 Å². The van der Waals surface area contributed by atoms with Gasteiger partial charge in [0.05, 0.1) is 54.7 Å². The average molecular weight is 1800 g/mol. The maximum atomic E-state index is 5.27. The summed E-state index contributed by atoms with van der Waals surface area (Å²) in [5.41, 5.74) is 29.8. The molecule has 7 heterocycles. The predicted molar refractivity (Wildman–Crippen MR) is 586 cm³/mol. The Morgan fingerprint density at radius 1 is 0.179 bits per heavy atom. The summed E-state index contributed by atoms with van der Waals surface area (Å²) in [7, 11) is 0. The van der Waals surface area contributed by atoms with Crippen molar-refractivity contribution in [3.8, 4) is 129 Å². The molecule has 652 valence electrons. The van der Waals surface area contributed by atoms with Crippen molar-refractivity contribution in [2.24, 2.45) is 0 Å². The zero-order valence-electron chi connectivity index (χ0n) is 75.7. The van der Waals surface area contributed by atoms with Crippen LogP contribution in [0, 0.1) is 0 Å². The number of para-hydroxylation sites is 4. The van der Waals surface area contributed by atoms with Gasteiger partial charge in [-0.05, 0) is 188 Å². The Bertz CT molecular complexity index is 9750. The van der Waals surface area contributed by atoms with Crippen molar-refractivity contribution in [1.82, 2.24) is 44.4 Å². The van der Waals surface area contributed by atoms with Crippen molar-refractivity contribution in [2.45, 2.75) is 0 Å². The van der Waals surface area contributed by atoms with Gasteiger partial charge in [0, 0.05) is 99.9 Å². The highest BCUT2D eigenvalue weighted by Crippen LogP contribution is 2.47. The topological polar surface area (TPSA) is 108 Å². The summed E-state index contributed by atoms with van der Waals surface area (Å²) < 4.78 is 4.61. The van der Waals surface area contributed by atoms with Crippen molar-refractivity contribution in [1.29, 1.82) is 0 Å². The molecule has 0 fully saturated rings. The van der Waals surface area contributed by atoms with Crippen LogP contribution in [0.4, 0.5) is 0 Å². The minimum atomic E-state index is 0.730. The number of rotatable bonds is 12. The number of fused-ring (bicyclic) bond motifs is 17. The Morgan fingerprint density at radius 2 is 0.507 bits per heavy atom. The lowest BCUT2D eigenvalue weighted by Gasteiger charge is -2.14. The Kier molecular flexibility index (Phi) is 20.6. The number of hydrogen-bond acceptors (Lipinski definition) is 9. The third-order valence-electron chi connectivity index (χ3n) is 27.4. The van der Waals surface area contributed by atoms with Crippen LogP contribution in [0.15, 0.2) is 492 Å². The number of hydrogen-bond donors (Lipinski definition) is 0. The highest BCUT2D eigenvalue weighted by molar-refractivity contribution is 7.26. The molecular weight excluding hydrogens is 1720 g/mol. The second kappa shape index (κ2) is 35.1. The lowest BCUT2D eigenvalue weighted by molar-refractivity contribution is 1.11. The van der Waals surface area contributed by atoms with Crippen molar-refractivity contribution in [3.63, 3.8) is 0 Å². The van der Waals surface area contributed by atoms with E-state index >= 15 is 0 Å². The summed E-state index contributed by atoms with van der Waals surface area (Å²) >= 11 is 1.76. The van der Waals surface area contributed by atoms with Crippen LogP contribution in [-0.4, -0.2) is 44.4 Å². The SMILES string of the molecule is c1ccc(-c2nc(-c3ccc(-c4ccc(-c5cccc6c5ccc5cccnc56)cc4)c4ccccc34)nc3c2sc2ccccc23)cc1.c1ccc(-c2nc(-c3ccc(-c4ccc(-c5cccc6c5ccc5cccnc56)cc4)c4ccccc34)nc3ccccc23)cc1.c1ccc(-n2c(-c3ccc(-c4ccc(-c5cccc6c5ccc5cccnc56)cc4)c4ccccc34)nc3ccccc32)cc1. The van der Waals surface area contributed by atoms with Crippen molar-refractivity contribution >= 4 is 151 Å². The van der Waals surface area contributed by atoms with E-state index in [1.165, 1.54) is 131 Å². The highest BCUT2D eigenvalue weighted by atomic mass is 32.1. The summed E-state index contributed by atoms with van der Waals surface area (Å²) in [4.78, 5) is 40.0. The molecule has 0 N–H and O–H groups in total. The average Bonchev–Trinajstić information content (AvgIpc) is 1.53. The molecule has 0 atom stereocenters. The smallest absolute Gasteiger partial charge is 0.161 e. The molecule has 28 rings (SSSR count). The van der Waals surface area contributed by atoms with Crippen LogP contribution in [0.1, 0.15) is 0 Å². The molecule has 0 unspecified atom stereocenters. The molecule has 0 aliphatic heterocycles. The predicted octanol–water partition coefficient (Wildman–Crippen LogP) is 34.4. The lowest BCUT2D eigenvalue weighted by Crippen LogP contribution is -1.98. The Hall–Kier alpha value is -18.5. The molecule has 0 aliphatic rings. The standard InChI is InChI=1S/C45H27N3S.C43H27N3.C42H27N3/c1-2-10-30(11-3-1)42-44-43(39-15-6-7-18-40(39)49-44)48-45(47-42)38-26-25-33(34-13-4-5-14-35(34)38)29-21-19-28(20-22-29)32-16-8-17-37-36(32)24-23-31-12-9-27-46-41(31)37;1-2-10-30(11-3-1)42-39-15-6-7-18-40(39)45-43(46-42)38-26-25-33(34-13-4-5-14-35(34)38)29-21-19-28(20-22-29)32-16-8-17-37-36(32)24-23-31-12-9-27-44-41(31)37;1-2-11-31(12-3-1)45-40-18-7-6-17-39(40)44-42(45)38-26-25-33(34-13-4-5-14-35(34)38)29-21-19-28(20-22-29)32-15-8-16-37-36(32)24-23-30-10-9-27-43-41(30)37/h1-27H;1-27H;1-27H. The molecule has 0 saturated carbocycles. The molecule has 0 aliphatic carbocycles. The molecule has 0 saturated heterocycles. The maximum Gasteiger partial charge on any atom is 0.161 e. The molecule has 0 spiro atoms. The monoisotopic (exact) mass is 1800 g/mol. The largest absolute Gasteiger partial charge is 0.292 e. The van der Waals surface area contributed by atoms with E-state index in [9.17, 15) is 0 Å². The lowest BCUT2D eigenvalue weighted by atomic mass is 9.92. The minimum absolute atomic E-state index is 0.730. The normalized spacial score (nSPS) is 11.6. The number of aromatic nitrogens is 9. The van der Waals surface area contributed by atoms with Crippen LogP contribution in [0.3, 0.4) is 0 Å². The van der Waals surface area contributed by atoms with E-state index in [-0.39, 0.29) is 0 Å². The van der Waals surface area contributed by atoms with Crippen LogP contribution in [0.2, 0.25) is 0 Å². The zero-order chi connectivity index (χ0) is 92.5. The summed E-state index contributed by atoms with van der Waals surface area (Å²) in [6.45, 7) is 0. The van der Waals surface area contributed by atoms with Gasteiger partial charge in [-0.2, -0.15) is 0 Å². The summed E-state index contributed by atoms with van der Waals surface area (Å²) in [5, 5.41) is 19.9. The van der Waals surface area contributed by atoms with E-state index in [1.54, 1.807) is 11.3 Å². The van der Waals surface area contributed by atoms with Gasteiger partial charge >= 0.3 is 0 Å². The molecule has 0 bridgehead atoms. The second-order valence-corrected chi connectivity index (χ2v) is 36.4. The molecule has 7 aromatic heterocycles. The van der Waals surface area contributed by atoms with E-state index < -0.39 is 0 Å². The van der Waals surface area contributed by atoms with Crippen molar-refractivity contribution in [3.05, 3.63) is 492 Å². The first kappa shape index (κ1) is 82.2. The van der Waals surface area contributed by atoms with Gasteiger partial charge in [0.2, 0.25) is 0 Å². The van der Waals surface area contributed by atoms with Gasteiger partial charge in [0.25, 0.3) is 0 Å². The van der Waals surface area contributed by atoms with Gasteiger partial charge < -0.3 is 0 Å². The summed E-state index contributed by atoms with van der Waals surface area (Å²) in [6, 6.07) is 167. The van der Waals surface area contributed by atoms with Crippen LogP contribution in [-0.2, 0) is 0 Å². The third kappa shape index (κ3) is 14.7. The quantitative estimate of drug-likeness (QED) is 0.111. The summed E-state index contributed by atoms with van der Waals surface area (Å²) in [6.07, 6.45) is 5.61. The molecule has 10 heteroatoms. The molecule has 0 radical (unpaired) electrons. The number of nitrogens with zero attached hydrogens (tertiary/aromatic N) is 9. The Labute approximate surface area is 810 Å². The fraction of sp³-hybridized carbons (Fsp3) is 0. The molecule has 28 aromatic rings. The molecule has 0 amide bonds. The highest BCUT2D eigenvalue weighted by Gasteiger charge is 2.24. The third-order valence-corrected chi connectivity index (χ3v) is 28.6. The van der Waals surface area contributed by atoms with E-state index in [1.807, 2.05) is 61.1 Å². The van der Waals surface area contributed by atoms with Crippen LogP contribution in [0.5, 0.6) is 0 Å². The van der Waals surface area contributed by atoms with Gasteiger partial charge in [-0.1, -0.05) is 400 Å². The van der Waals surface area contributed by atoms with E-state index in [2.05, 4.69) is 445 Å². The fourth-order valence-electron chi connectivity index (χ4n) is 20.7. The number of thiophene rings is 1. The number of pyridine rings is 3. The van der Waals surface area contributed by atoms with E-state index in [4.69, 9.17) is 29.9 Å². The first-order valence-electron chi connectivity index (χ1n) is 47.2. The molecule has 9 nitrogen and oxygen atoms in total. The van der Waals surface area contributed by atoms with E-state index in [0.29, 0.717) is 0 Å². The van der Waals surface area contributed by atoms with Gasteiger partial charge in [-0.15, -0.1) is 11.3 Å². The van der Waals surface area contributed by atoms with Crippen molar-refractivity contribution < 1.29 is 0 Å². The van der Waals surface area contributed by atoms with Crippen LogP contribution >= 0.6 is 11.3 Å². The number of benzene rings is 21. The first-order chi connectivity index (χ1) is 69.4. The molecule has 140 heavy (non-hydrogen) atoms.